The number of halogens is 2. The Morgan fingerprint density at radius 3 is 2.33 bits per heavy atom. The first kappa shape index (κ1) is 32.6. The van der Waals surface area contributed by atoms with Crippen LogP contribution in [0.1, 0.15) is 29.0 Å². The van der Waals surface area contributed by atoms with Crippen molar-refractivity contribution in [3.8, 4) is 22.5 Å². The molecule has 0 bridgehead atoms. The van der Waals surface area contributed by atoms with E-state index < -0.39 is 0 Å². The lowest BCUT2D eigenvalue weighted by Gasteiger charge is -2.37. The molecule has 1 fully saturated rings. The van der Waals surface area contributed by atoms with Crippen molar-refractivity contribution in [2.24, 2.45) is 0 Å². The van der Waals surface area contributed by atoms with Gasteiger partial charge in [-0.25, -0.2) is 9.97 Å². The second-order valence-electron chi connectivity index (χ2n) is 12.5. The molecule has 2 N–H and O–H groups in total. The van der Waals surface area contributed by atoms with Crippen LogP contribution in [0.4, 0.5) is 17.2 Å². The van der Waals surface area contributed by atoms with E-state index in [-0.39, 0.29) is 11.9 Å². The summed E-state index contributed by atoms with van der Waals surface area (Å²) in [7, 11) is 0. The van der Waals surface area contributed by atoms with Crippen LogP contribution in [0.3, 0.4) is 0 Å². The molecule has 8 rings (SSSR count). The standard InChI is InChI=1S/C40H34Cl2N8O/c1-26(27-11-13-29(41)14-12-27)50-25-45-36(28-7-3-2-4-8-28)38(50)35-32-16-15-30(42)23-34(32)46-37(35)40(51)47-33-10-6-18-44-39(33)49-21-19-48(20-22-49)31-9-5-17-43-24-31/h2-18,23-26,46H,19-22H2,1H3,(H,47,51). The Balaban J connectivity index is 1.20. The first-order valence-electron chi connectivity index (χ1n) is 16.8. The molecule has 1 amide bonds. The summed E-state index contributed by atoms with van der Waals surface area (Å²) in [6.45, 7) is 5.21. The van der Waals surface area contributed by atoms with Gasteiger partial charge in [-0.3, -0.25) is 9.78 Å². The number of piperazine rings is 1. The number of rotatable bonds is 8. The minimum absolute atomic E-state index is 0.134. The molecule has 51 heavy (non-hydrogen) atoms. The van der Waals surface area contributed by atoms with Crippen LogP contribution in [0, 0.1) is 0 Å². The molecular weight excluding hydrogens is 679 g/mol. The lowest BCUT2D eigenvalue weighted by molar-refractivity contribution is 0.102. The smallest absolute Gasteiger partial charge is 0.272 e. The highest BCUT2D eigenvalue weighted by Crippen LogP contribution is 2.42. The molecule has 0 aliphatic carbocycles. The van der Waals surface area contributed by atoms with Crippen molar-refractivity contribution in [2.45, 2.75) is 13.0 Å². The summed E-state index contributed by atoms with van der Waals surface area (Å²) in [5.74, 6) is 0.426. The van der Waals surface area contributed by atoms with Gasteiger partial charge in [-0.05, 0) is 61.0 Å². The van der Waals surface area contributed by atoms with Gasteiger partial charge in [0.1, 0.15) is 5.69 Å². The summed E-state index contributed by atoms with van der Waals surface area (Å²) in [6, 6.07) is 31.1. The van der Waals surface area contributed by atoms with Gasteiger partial charge in [-0.2, -0.15) is 0 Å². The Kier molecular flexibility index (Phi) is 8.90. The van der Waals surface area contributed by atoms with Crippen LogP contribution in [-0.4, -0.2) is 56.6 Å². The molecule has 0 saturated carbocycles. The van der Waals surface area contributed by atoms with Crippen LogP contribution >= 0.6 is 23.2 Å². The maximum atomic E-state index is 14.6. The molecule has 1 unspecified atom stereocenters. The van der Waals surface area contributed by atoms with E-state index in [9.17, 15) is 4.79 Å². The lowest BCUT2D eigenvalue weighted by atomic mass is 9.99. The van der Waals surface area contributed by atoms with E-state index in [1.165, 1.54) is 0 Å². The number of hydrogen-bond donors (Lipinski definition) is 2. The topological polar surface area (TPSA) is 95.0 Å². The molecule has 11 heteroatoms. The van der Waals surface area contributed by atoms with Gasteiger partial charge < -0.3 is 24.7 Å². The highest BCUT2D eigenvalue weighted by Gasteiger charge is 2.29. The summed E-state index contributed by atoms with van der Waals surface area (Å²) >= 11 is 12.8. The fourth-order valence-electron chi connectivity index (χ4n) is 6.85. The number of aromatic nitrogens is 5. The van der Waals surface area contributed by atoms with Crippen LogP contribution in [0.2, 0.25) is 10.0 Å². The molecule has 0 spiro atoms. The number of carbonyl (C=O) groups excluding carboxylic acids is 1. The van der Waals surface area contributed by atoms with Crippen molar-refractivity contribution in [2.75, 3.05) is 41.3 Å². The van der Waals surface area contributed by atoms with Crippen molar-refractivity contribution in [1.29, 1.82) is 0 Å². The number of nitrogens with one attached hydrogen (secondary N) is 2. The Hall–Kier alpha value is -5.64. The molecule has 254 valence electrons. The molecule has 1 atom stereocenters. The zero-order valence-corrected chi connectivity index (χ0v) is 29.3. The molecule has 5 heterocycles. The summed E-state index contributed by atoms with van der Waals surface area (Å²) < 4.78 is 2.12. The number of benzene rings is 3. The van der Waals surface area contributed by atoms with Crippen LogP contribution in [0.15, 0.2) is 122 Å². The fourth-order valence-corrected chi connectivity index (χ4v) is 7.14. The van der Waals surface area contributed by atoms with Gasteiger partial charge in [-0.1, -0.05) is 71.7 Å². The number of anilines is 3. The van der Waals surface area contributed by atoms with Gasteiger partial charge >= 0.3 is 0 Å². The van der Waals surface area contributed by atoms with Gasteiger partial charge in [-0.15, -0.1) is 0 Å². The predicted octanol–water partition coefficient (Wildman–Crippen LogP) is 8.98. The number of aromatic amines is 1. The van der Waals surface area contributed by atoms with Crippen molar-refractivity contribution < 1.29 is 4.79 Å². The number of pyridine rings is 2. The van der Waals surface area contributed by atoms with E-state index in [0.717, 1.165) is 76.7 Å². The van der Waals surface area contributed by atoms with E-state index in [4.69, 9.17) is 33.2 Å². The van der Waals surface area contributed by atoms with Crippen molar-refractivity contribution in [1.82, 2.24) is 24.5 Å². The molecular formula is C40H34Cl2N8O. The fraction of sp³-hybridized carbons (Fsp3) is 0.150. The van der Waals surface area contributed by atoms with E-state index in [2.05, 4.69) is 42.6 Å². The minimum atomic E-state index is -0.300. The molecule has 1 aliphatic rings. The molecule has 7 aromatic rings. The highest BCUT2D eigenvalue weighted by atomic mass is 35.5. The minimum Gasteiger partial charge on any atom is -0.367 e. The summed E-state index contributed by atoms with van der Waals surface area (Å²) in [5.41, 5.74) is 7.14. The van der Waals surface area contributed by atoms with Crippen LogP contribution in [0.5, 0.6) is 0 Å². The monoisotopic (exact) mass is 712 g/mol. The SMILES string of the molecule is CC(c1ccc(Cl)cc1)n1cnc(-c2ccccc2)c1-c1c(C(=O)Nc2cccnc2N2CCN(c3cccnc3)CC2)[nH]c2cc(Cl)ccc12. The van der Waals surface area contributed by atoms with E-state index in [1.54, 1.807) is 12.4 Å². The molecule has 1 saturated heterocycles. The first-order valence-corrected chi connectivity index (χ1v) is 17.6. The summed E-state index contributed by atoms with van der Waals surface area (Å²) in [5, 5.41) is 5.30. The van der Waals surface area contributed by atoms with Crippen LogP contribution in [-0.2, 0) is 0 Å². The van der Waals surface area contributed by atoms with E-state index in [0.29, 0.717) is 21.4 Å². The van der Waals surface area contributed by atoms with Crippen molar-refractivity contribution >= 4 is 57.2 Å². The molecule has 9 nitrogen and oxygen atoms in total. The predicted molar refractivity (Wildman–Crippen MR) is 206 cm³/mol. The van der Waals surface area contributed by atoms with Gasteiger partial charge in [0.25, 0.3) is 5.91 Å². The molecule has 1 aliphatic heterocycles. The quantitative estimate of drug-likeness (QED) is 0.163. The molecule has 0 radical (unpaired) electrons. The molecule has 3 aromatic carbocycles. The largest absolute Gasteiger partial charge is 0.367 e. The number of H-pyrrole nitrogens is 1. The second-order valence-corrected chi connectivity index (χ2v) is 13.4. The Bertz CT molecular complexity index is 2310. The van der Waals surface area contributed by atoms with Gasteiger partial charge in [0, 0.05) is 70.6 Å². The first-order chi connectivity index (χ1) is 24.9. The zero-order chi connectivity index (χ0) is 34.9. The maximum absolute atomic E-state index is 14.6. The molecule has 4 aromatic heterocycles. The van der Waals surface area contributed by atoms with Gasteiger partial charge in [0.2, 0.25) is 0 Å². The van der Waals surface area contributed by atoms with Crippen LogP contribution < -0.4 is 15.1 Å². The summed E-state index contributed by atoms with van der Waals surface area (Å²) in [4.78, 5) is 36.5. The third kappa shape index (κ3) is 6.42. The van der Waals surface area contributed by atoms with Crippen molar-refractivity contribution in [3.63, 3.8) is 0 Å². The third-order valence-corrected chi connectivity index (χ3v) is 9.95. The number of fused-ring (bicyclic) bond motifs is 1. The average Bonchev–Trinajstić information content (AvgIpc) is 3.77. The number of imidazole rings is 1. The van der Waals surface area contributed by atoms with Gasteiger partial charge in [0.15, 0.2) is 5.82 Å². The maximum Gasteiger partial charge on any atom is 0.272 e. The second kappa shape index (κ2) is 13.9. The summed E-state index contributed by atoms with van der Waals surface area (Å²) in [6.07, 6.45) is 7.28. The Morgan fingerprint density at radius 1 is 0.824 bits per heavy atom. The van der Waals surface area contributed by atoms with E-state index >= 15 is 0 Å². The van der Waals surface area contributed by atoms with Crippen molar-refractivity contribution in [3.05, 3.63) is 143 Å². The van der Waals surface area contributed by atoms with Crippen LogP contribution in [0.25, 0.3) is 33.4 Å². The normalized spacial score (nSPS) is 13.8. The lowest BCUT2D eigenvalue weighted by Crippen LogP contribution is -2.47. The van der Waals surface area contributed by atoms with E-state index in [1.807, 2.05) is 104 Å². The number of amides is 1. The number of nitrogens with zero attached hydrogens (tertiary/aromatic N) is 6. The number of hydrogen-bond acceptors (Lipinski definition) is 6. The number of carbonyl (C=O) groups is 1. The zero-order valence-electron chi connectivity index (χ0n) is 27.8. The Morgan fingerprint density at radius 2 is 1.57 bits per heavy atom. The average molecular weight is 714 g/mol. The highest BCUT2D eigenvalue weighted by molar-refractivity contribution is 6.31. The Labute approximate surface area is 305 Å². The van der Waals surface area contributed by atoms with Gasteiger partial charge in [0.05, 0.1) is 41.3 Å². The third-order valence-electron chi connectivity index (χ3n) is 9.46.